The highest BCUT2D eigenvalue weighted by atomic mass is 32.2. The lowest BCUT2D eigenvalue weighted by Gasteiger charge is -2.22. The van der Waals surface area contributed by atoms with Crippen molar-refractivity contribution >= 4 is 31.6 Å². The first-order chi connectivity index (χ1) is 10.1. The maximum absolute atomic E-state index is 12.6. The van der Waals surface area contributed by atoms with Gasteiger partial charge in [-0.15, -0.1) is 0 Å². The minimum atomic E-state index is -3.55. The maximum Gasteiger partial charge on any atom is 0.241 e. The second-order valence-corrected chi connectivity index (χ2v) is 8.60. The average molecular weight is 323 g/mol. The van der Waals surface area contributed by atoms with E-state index < -0.39 is 20.8 Å². The molecule has 6 heteroatoms. The highest BCUT2D eigenvalue weighted by Gasteiger charge is 2.25. The summed E-state index contributed by atoms with van der Waals surface area (Å²) in [6, 6.07) is 12.6. The molecule has 1 aliphatic heterocycles. The molecule has 4 nitrogen and oxygen atoms in total. The van der Waals surface area contributed by atoms with Crippen LogP contribution in [-0.2, 0) is 20.8 Å². The molecule has 0 aliphatic carbocycles. The fourth-order valence-corrected chi connectivity index (χ4v) is 5.46. The van der Waals surface area contributed by atoms with E-state index in [0.717, 1.165) is 10.8 Å². The molecular weight excluding hydrogens is 306 g/mol. The SMILES string of the molecule is O=S1CCC(NS(=O)(=O)c2cccc3ccccc23)CC1. The van der Waals surface area contributed by atoms with Gasteiger partial charge in [-0.1, -0.05) is 36.4 Å². The summed E-state index contributed by atoms with van der Waals surface area (Å²) >= 11 is 0. The number of hydrogen-bond donors (Lipinski definition) is 1. The first-order valence-corrected chi connectivity index (χ1v) is 9.88. The Hall–Kier alpha value is -1.24. The molecule has 0 amide bonds. The Balaban J connectivity index is 1.92. The van der Waals surface area contributed by atoms with Gasteiger partial charge in [-0.25, -0.2) is 13.1 Å². The Morgan fingerprint density at radius 3 is 2.43 bits per heavy atom. The van der Waals surface area contributed by atoms with Gasteiger partial charge in [0, 0.05) is 33.7 Å². The van der Waals surface area contributed by atoms with Crippen molar-refractivity contribution in [2.24, 2.45) is 0 Å². The molecule has 1 saturated heterocycles. The zero-order chi connectivity index (χ0) is 14.9. The molecule has 1 aliphatic rings. The molecule has 1 N–H and O–H groups in total. The van der Waals surface area contributed by atoms with Gasteiger partial charge >= 0.3 is 0 Å². The lowest BCUT2D eigenvalue weighted by atomic mass is 10.1. The van der Waals surface area contributed by atoms with Crippen LogP contribution < -0.4 is 4.72 Å². The van der Waals surface area contributed by atoms with E-state index in [-0.39, 0.29) is 6.04 Å². The predicted molar refractivity (Wildman–Crippen MR) is 85.2 cm³/mol. The molecule has 0 aromatic heterocycles. The van der Waals surface area contributed by atoms with E-state index in [2.05, 4.69) is 4.72 Å². The number of sulfonamides is 1. The highest BCUT2D eigenvalue weighted by Crippen LogP contribution is 2.23. The average Bonchev–Trinajstić information content (AvgIpc) is 2.49. The molecule has 0 atom stereocenters. The summed E-state index contributed by atoms with van der Waals surface area (Å²) in [6.45, 7) is 0. The van der Waals surface area contributed by atoms with E-state index in [9.17, 15) is 12.6 Å². The molecule has 0 bridgehead atoms. The normalized spacial score (nSPS) is 23.2. The number of rotatable bonds is 3. The van der Waals surface area contributed by atoms with Crippen molar-refractivity contribution in [3.05, 3.63) is 42.5 Å². The second-order valence-electron chi connectivity index (χ2n) is 5.22. The van der Waals surface area contributed by atoms with Crippen LogP contribution in [-0.4, -0.2) is 30.2 Å². The smallest absolute Gasteiger partial charge is 0.241 e. The Morgan fingerprint density at radius 1 is 1.00 bits per heavy atom. The Bertz CT molecular complexity index is 771. The van der Waals surface area contributed by atoms with Gasteiger partial charge in [-0.3, -0.25) is 4.21 Å². The van der Waals surface area contributed by atoms with Crippen molar-refractivity contribution in [2.45, 2.75) is 23.8 Å². The van der Waals surface area contributed by atoms with Gasteiger partial charge in [0.2, 0.25) is 10.0 Å². The van der Waals surface area contributed by atoms with E-state index in [4.69, 9.17) is 0 Å². The molecule has 21 heavy (non-hydrogen) atoms. The van der Waals surface area contributed by atoms with Crippen molar-refractivity contribution in [3.8, 4) is 0 Å². The van der Waals surface area contributed by atoms with Crippen molar-refractivity contribution < 1.29 is 12.6 Å². The van der Waals surface area contributed by atoms with Crippen molar-refractivity contribution in [1.82, 2.24) is 4.72 Å². The largest absolute Gasteiger partial charge is 0.260 e. The zero-order valence-corrected chi connectivity index (χ0v) is 13.1. The molecule has 112 valence electrons. The van der Waals surface area contributed by atoms with E-state index in [1.807, 2.05) is 30.3 Å². The molecule has 1 heterocycles. The van der Waals surface area contributed by atoms with Gasteiger partial charge in [0.15, 0.2) is 0 Å². The van der Waals surface area contributed by atoms with Crippen molar-refractivity contribution in [1.29, 1.82) is 0 Å². The first-order valence-electron chi connectivity index (χ1n) is 6.91. The Morgan fingerprint density at radius 2 is 1.67 bits per heavy atom. The van der Waals surface area contributed by atoms with Crippen LogP contribution in [0.2, 0.25) is 0 Å². The third-order valence-corrected chi connectivity index (χ3v) is 6.71. The lowest BCUT2D eigenvalue weighted by Crippen LogP contribution is -2.39. The fourth-order valence-electron chi connectivity index (χ4n) is 2.62. The number of fused-ring (bicyclic) bond motifs is 1. The van der Waals surface area contributed by atoms with E-state index in [0.29, 0.717) is 29.2 Å². The summed E-state index contributed by atoms with van der Waals surface area (Å²) in [5, 5.41) is 1.64. The quantitative estimate of drug-likeness (QED) is 0.940. The molecule has 0 saturated carbocycles. The monoisotopic (exact) mass is 323 g/mol. The Kier molecular flexibility index (Phi) is 4.10. The van der Waals surface area contributed by atoms with Crippen molar-refractivity contribution in [3.63, 3.8) is 0 Å². The van der Waals surface area contributed by atoms with Crippen LogP contribution in [0.3, 0.4) is 0 Å². The van der Waals surface area contributed by atoms with Gasteiger partial charge in [0.25, 0.3) is 0 Å². The lowest BCUT2D eigenvalue weighted by molar-refractivity contribution is 0.522. The maximum atomic E-state index is 12.6. The number of nitrogens with one attached hydrogen (secondary N) is 1. The van der Waals surface area contributed by atoms with Crippen LogP contribution in [0.5, 0.6) is 0 Å². The molecule has 1 fully saturated rings. The minimum Gasteiger partial charge on any atom is -0.260 e. The highest BCUT2D eigenvalue weighted by molar-refractivity contribution is 7.89. The topological polar surface area (TPSA) is 63.2 Å². The van der Waals surface area contributed by atoms with Crippen LogP contribution >= 0.6 is 0 Å². The van der Waals surface area contributed by atoms with Crippen LogP contribution in [0.1, 0.15) is 12.8 Å². The molecular formula is C15H17NO3S2. The standard InChI is InChI=1S/C15H17NO3S2/c17-20-10-8-13(9-11-20)16-21(18,19)15-7-3-5-12-4-1-2-6-14(12)15/h1-7,13,16H,8-11H2. The van der Waals surface area contributed by atoms with E-state index in [1.165, 1.54) is 0 Å². The molecule has 3 rings (SSSR count). The summed E-state index contributed by atoms with van der Waals surface area (Å²) in [6.07, 6.45) is 1.27. The van der Waals surface area contributed by atoms with Crippen LogP contribution in [0, 0.1) is 0 Å². The molecule has 2 aromatic carbocycles. The minimum absolute atomic E-state index is 0.119. The second kappa shape index (κ2) is 5.87. The third-order valence-electron chi connectivity index (χ3n) is 3.75. The van der Waals surface area contributed by atoms with Gasteiger partial charge < -0.3 is 0 Å². The molecule has 0 spiro atoms. The molecule has 0 radical (unpaired) electrons. The van der Waals surface area contributed by atoms with Gasteiger partial charge in [0.1, 0.15) is 0 Å². The first kappa shape index (κ1) is 14.7. The third kappa shape index (κ3) is 3.17. The van der Waals surface area contributed by atoms with Crippen LogP contribution in [0.4, 0.5) is 0 Å². The van der Waals surface area contributed by atoms with E-state index in [1.54, 1.807) is 12.1 Å². The summed E-state index contributed by atoms with van der Waals surface area (Å²) in [5.74, 6) is 1.14. The van der Waals surface area contributed by atoms with Gasteiger partial charge in [-0.2, -0.15) is 0 Å². The predicted octanol–water partition coefficient (Wildman–Crippen LogP) is 2.03. The fraction of sp³-hybridized carbons (Fsp3) is 0.333. The summed E-state index contributed by atoms with van der Waals surface area (Å²) in [7, 11) is -4.34. The summed E-state index contributed by atoms with van der Waals surface area (Å²) in [5.41, 5.74) is 0. The van der Waals surface area contributed by atoms with Crippen LogP contribution in [0.15, 0.2) is 47.4 Å². The van der Waals surface area contributed by atoms with Crippen LogP contribution in [0.25, 0.3) is 10.8 Å². The Labute approximate surface area is 127 Å². The molecule has 0 unspecified atom stereocenters. The van der Waals surface area contributed by atoms with E-state index >= 15 is 0 Å². The zero-order valence-electron chi connectivity index (χ0n) is 11.5. The molecule has 2 aromatic rings. The number of benzene rings is 2. The van der Waals surface area contributed by atoms with Gasteiger partial charge in [-0.05, 0) is 24.3 Å². The summed E-state index contributed by atoms with van der Waals surface area (Å²) in [4.78, 5) is 0.312. The number of hydrogen-bond acceptors (Lipinski definition) is 3. The van der Waals surface area contributed by atoms with Gasteiger partial charge in [0.05, 0.1) is 4.90 Å². The summed E-state index contributed by atoms with van der Waals surface area (Å²) < 4.78 is 39.3. The van der Waals surface area contributed by atoms with Crippen molar-refractivity contribution in [2.75, 3.05) is 11.5 Å².